The molecule has 1 atom stereocenters. The van der Waals surface area contributed by atoms with Crippen LogP contribution in [0.25, 0.3) is 0 Å². The van der Waals surface area contributed by atoms with E-state index in [1.54, 1.807) is 6.20 Å². The molecule has 6 nitrogen and oxygen atoms in total. The summed E-state index contributed by atoms with van der Waals surface area (Å²) in [6.45, 7) is 8.03. The average molecular weight is 316 g/mol. The Morgan fingerprint density at radius 3 is 2.74 bits per heavy atom. The molecule has 0 aliphatic carbocycles. The third kappa shape index (κ3) is 5.16. The lowest BCUT2D eigenvalue weighted by Crippen LogP contribution is -2.26. The van der Waals surface area contributed by atoms with Crippen LogP contribution in [0.5, 0.6) is 0 Å². The first-order valence-electron chi connectivity index (χ1n) is 7.89. The van der Waals surface area contributed by atoms with Gasteiger partial charge in [0.25, 0.3) is 0 Å². The summed E-state index contributed by atoms with van der Waals surface area (Å²) in [5.74, 6) is 1.28. The molecule has 2 heterocycles. The first-order chi connectivity index (χ1) is 10.9. The number of nitrogens with one attached hydrogen (secondary N) is 1. The number of hydrogen-bond acceptors (Lipinski definition) is 5. The maximum absolute atomic E-state index is 12.0. The Bertz CT molecular complexity index is 632. The summed E-state index contributed by atoms with van der Waals surface area (Å²) in [4.78, 5) is 20.6. The van der Waals surface area contributed by atoms with Gasteiger partial charge in [0.1, 0.15) is 0 Å². The summed E-state index contributed by atoms with van der Waals surface area (Å²) >= 11 is 0. The van der Waals surface area contributed by atoms with Crippen LogP contribution < -0.4 is 5.32 Å². The largest absolute Gasteiger partial charge is 0.348 e. The molecule has 0 saturated carbocycles. The van der Waals surface area contributed by atoms with Gasteiger partial charge in [-0.15, -0.1) is 0 Å². The fraction of sp³-hybridized carbons (Fsp3) is 0.529. The quantitative estimate of drug-likeness (QED) is 0.886. The number of carbonyl (C=O) groups is 1. The fourth-order valence-corrected chi connectivity index (χ4v) is 2.08. The Morgan fingerprint density at radius 2 is 2.13 bits per heavy atom. The van der Waals surface area contributed by atoms with Crippen molar-refractivity contribution >= 4 is 5.91 Å². The van der Waals surface area contributed by atoms with Gasteiger partial charge in [0.2, 0.25) is 11.8 Å². The predicted octanol–water partition coefficient (Wildman–Crippen LogP) is 2.96. The first kappa shape index (κ1) is 17.1. The van der Waals surface area contributed by atoms with Gasteiger partial charge in [-0.1, -0.05) is 32.0 Å². The third-order valence-corrected chi connectivity index (χ3v) is 3.44. The van der Waals surface area contributed by atoms with Crippen molar-refractivity contribution in [2.75, 3.05) is 0 Å². The van der Waals surface area contributed by atoms with Gasteiger partial charge in [-0.3, -0.25) is 9.78 Å². The minimum absolute atomic E-state index is 0.00119. The van der Waals surface area contributed by atoms with Gasteiger partial charge in [0.15, 0.2) is 5.82 Å². The van der Waals surface area contributed by atoms with Crippen molar-refractivity contribution in [3.8, 4) is 0 Å². The molecule has 23 heavy (non-hydrogen) atoms. The van der Waals surface area contributed by atoms with E-state index in [-0.39, 0.29) is 17.4 Å². The predicted molar refractivity (Wildman–Crippen MR) is 86.7 cm³/mol. The molecular formula is C17H24N4O2. The van der Waals surface area contributed by atoms with Crippen LogP contribution in [0.2, 0.25) is 0 Å². The van der Waals surface area contributed by atoms with Crippen molar-refractivity contribution in [2.45, 2.75) is 58.4 Å². The third-order valence-electron chi connectivity index (χ3n) is 3.44. The maximum atomic E-state index is 12.0. The van der Waals surface area contributed by atoms with Crippen LogP contribution in [0.4, 0.5) is 0 Å². The number of aryl methyl sites for hydroxylation is 1. The second-order valence-electron chi connectivity index (χ2n) is 6.66. The first-order valence-corrected chi connectivity index (χ1v) is 7.89. The van der Waals surface area contributed by atoms with E-state index in [9.17, 15) is 4.79 Å². The van der Waals surface area contributed by atoms with E-state index in [0.717, 1.165) is 5.69 Å². The van der Waals surface area contributed by atoms with Crippen molar-refractivity contribution in [2.24, 2.45) is 0 Å². The minimum Gasteiger partial charge on any atom is -0.348 e. The number of hydrogen-bond donors (Lipinski definition) is 1. The summed E-state index contributed by atoms with van der Waals surface area (Å²) in [5.41, 5.74) is 0.726. The van der Waals surface area contributed by atoms with Crippen LogP contribution in [0.1, 0.15) is 64.0 Å². The van der Waals surface area contributed by atoms with Crippen molar-refractivity contribution in [3.05, 3.63) is 41.8 Å². The molecule has 2 aromatic heterocycles. The summed E-state index contributed by atoms with van der Waals surface area (Å²) in [6.07, 6.45) is 3.42. The lowest BCUT2D eigenvalue weighted by Gasteiger charge is -2.12. The van der Waals surface area contributed by atoms with Crippen molar-refractivity contribution in [1.82, 2.24) is 20.4 Å². The number of carbonyl (C=O) groups excluding carboxylic acids is 1. The number of pyridine rings is 1. The van der Waals surface area contributed by atoms with Gasteiger partial charge < -0.3 is 9.84 Å². The van der Waals surface area contributed by atoms with E-state index in [0.29, 0.717) is 31.0 Å². The molecule has 0 aromatic carbocycles. The molecule has 0 radical (unpaired) electrons. The molecule has 2 aromatic rings. The molecule has 6 heteroatoms. The highest BCUT2D eigenvalue weighted by Crippen LogP contribution is 2.19. The van der Waals surface area contributed by atoms with E-state index >= 15 is 0 Å². The molecule has 0 aliphatic rings. The highest BCUT2D eigenvalue weighted by atomic mass is 16.5. The van der Waals surface area contributed by atoms with Gasteiger partial charge in [-0.2, -0.15) is 4.98 Å². The summed E-state index contributed by atoms with van der Waals surface area (Å²) in [5, 5.41) is 6.92. The monoisotopic (exact) mass is 316 g/mol. The maximum Gasteiger partial charge on any atom is 0.226 e. The Labute approximate surface area is 136 Å². The minimum atomic E-state index is -0.128. The molecule has 1 amide bonds. The molecule has 0 saturated heterocycles. The SMILES string of the molecule is C[C@H](NC(=O)CCCc1nc(C(C)(C)C)no1)c1ccccn1. The smallest absolute Gasteiger partial charge is 0.226 e. The summed E-state index contributed by atoms with van der Waals surface area (Å²) in [7, 11) is 0. The van der Waals surface area contributed by atoms with Crippen LogP contribution >= 0.6 is 0 Å². The van der Waals surface area contributed by atoms with Gasteiger partial charge >= 0.3 is 0 Å². The van der Waals surface area contributed by atoms with Crippen LogP contribution in [0, 0.1) is 0 Å². The van der Waals surface area contributed by atoms with Gasteiger partial charge in [0.05, 0.1) is 11.7 Å². The van der Waals surface area contributed by atoms with Gasteiger partial charge in [0, 0.05) is 24.5 Å². The van der Waals surface area contributed by atoms with Crippen LogP contribution in [-0.4, -0.2) is 21.0 Å². The van der Waals surface area contributed by atoms with E-state index in [1.165, 1.54) is 0 Å². The lowest BCUT2D eigenvalue weighted by atomic mass is 9.96. The van der Waals surface area contributed by atoms with E-state index in [2.05, 4.69) is 20.4 Å². The summed E-state index contributed by atoms with van der Waals surface area (Å²) < 4.78 is 5.22. The van der Waals surface area contributed by atoms with E-state index in [1.807, 2.05) is 45.9 Å². The zero-order valence-corrected chi connectivity index (χ0v) is 14.2. The van der Waals surface area contributed by atoms with Crippen molar-refractivity contribution in [1.29, 1.82) is 0 Å². The molecule has 0 unspecified atom stereocenters. The highest BCUT2D eigenvalue weighted by molar-refractivity contribution is 5.76. The second-order valence-corrected chi connectivity index (χ2v) is 6.66. The van der Waals surface area contributed by atoms with E-state index in [4.69, 9.17) is 4.52 Å². The second kappa shape index (κ2) is 7.35. The van der Waals surface area contributed by atoms with Gasteiger partial charge in [-0.05, 0) is 25.5 Å². The normalized spacial score (nSPS) is 12.9. The van der Waals surface area contributed by atoms with Crippen LogP contribution in [0.3, 0.4) is 0 Å². The Kier molecular flexibility index (Phi) is 5.47. The van der Waals surface area contributed by atoms with Crippen LogP contribution in [0.15, 0.2) is 28.9 Å². The fourth-order valence-electron chi connectivity index (χ4n) is 2.08. The molecule has 0 bridgehead atoms. The molecule has 124 valence electrons. The van der Waals surface area contributed by atoms with Crippen molar-refractivity contribution < 1.29 is 9.32 Å². The Hall–Kier alpha value is -2.24. The Balaban J connectivity index is 1.76. The average Bonchev–Trinajstić information content (AvgIpc) is 2.97. The molecule has 1 N–H and O–H groups in total. The number of amides is 1. The van der Waals surface area contributed by atoms with Gasteiger partial charge in [-0.25, -0.2) is 0 Å². The topological polar surface area (TPSA) is 80.9 Å². The number of nitrogens with zero attached hydrogens (tertiary/aromatic N) is 3. The zero-order chi connectivity index (χ0) is 16.9. The van der Waals surface area contributed by atoms with Crippen molar-refractivity contribution in [3.63, 3.8) is 0 Å². The molecule has 0 spiro atoms. The Morgan fingerprint density at radius 1 is 1.35 bits per heavy atom. The molecule has 0 aliphatic heterocycles. The number of aromatic nitrogens is 3. The zero-order valence-electron chi connectivity index (χ0n) is 14.2. The molecule has 0 fully saturated rings. The van der Waals surface area contributed by atoms with E-state index < -0.39 is 0 Å². The summed E-state index contributed by atoms with van der Waals surface area (Å²) in [6, 6.07) is 5.57. The van der Waals surface area contributed by atoms with Crippen LogP contribution in [-0.2, 0) is 16.6 Å². The number of rotatable bonds is 6. The standard InChI is InChI=1S/C17H24N4O2/c1-12(13-8-5-6-11-18-13)19-14(22)9-7-10-15-20-16(21-23-15)17(2,3)4/h5-6,8,11-12H,7,9-10H2,1-4H3,(H,19,22)/t12-/m0/s1. The lowest BCUT2D eigenvalue weighted by molar-refractivity contribution is -0.121. The molecular weight excluding hydrogens is 292 g/mol. The highest BCUT2D eigenvalue weighted by Gasteiger charge is 2.20. The molecule has 2 rings (SSSR count).